The van der Waals surface area contributed by atoms with Gasteiger partial charge in [0.25, 0.3) is 0 Å². The summed E-state index contributed by atoms with van der Waals surface area (Å²) < 4.78 is 56.4. The number of ether oxygens (including phenoxy) is 1. The molecule has 0 bridgehead atoms. The maximum absolute atomic E-state index is 13.5. The van der Waals surface area contributed by atoms with Crippen molar-refractivity contribution < 1.29 is 26.7 Å². The standard InChI is InChI=1S/C19H16F2N2O4S2/c20-13-5-7-15(8-6-13)27-9-19-22-14(10-28-19)11-29(25,26)12-18(24)23-17-4-2-1-3-16(17)21/h1-8,10H,9,11-12H2,(H,23,24). The van der Waals surface area contributed by atoms with E-state index in [9.17, 15) is 22.0 Å². The fourth-order valence-corrected chi connectivity index (χ4v) is 4.37. The van der Waals surface area contributed by atoms with Crippen molar-refractivity contribution in [3.05, 3.63) is 76.2 Å². The van der Waals surface area contributed by atoms with Gasteiger partial charge in [0.2, 0.25) is 5.91 Å². The molecule has 3 aromatic rings. The number of nitrogens with zero attached hydrogens (tertiary/aromatic N) is 1. The molecule has 152 valence electrons. The number of anilines is 1. The van der Waals surface area contributed by atoms with Crippen molar-refractivity contribution in [1.29, 1.82) is 0 Å². The lowest BCUT2D eigenvalue weighted by Gasteiger charge is -2.06. The van der Waals surface area contributed by atoms with Crippen LogP contribution in [0.1, 0.15) is 10.7 Å². The van der Waals surface area contributed by atoms with Crippen molar-refractivity contribution in [3.63, 3.8) is 0 Å². The number of para-hydroxylation sites is 1. The van der Waals surface area contributed by atoms with E-state index in [4.69, 9.17) is 4.74 Å². The van der Waals surface area contributed by atoms with E-state index in [1.54, 1.807) is 5.38 Å². The Bertz CT molecular complexity index is 1100. The molecule has 0 aliphatic heterocycles. The highest BCUT2D eigenvalue weighted by atomic mass is 32.2. The van der Waals surface area contributed by atoms with Crippen LogP contribution in [0, 0.1) is 11.6 Å². The van der Waals surface area contributed by atoms with E-state index in [1.165, 1.54) is 53.8 Å². The van der Waals surface area contributed by atoms with Gasteiger partial charge in [0, 0.05) is 5.38 Å². The first-order chi connectivity index (χ1) is 13.8. The predicted octanol–water partition coefficient (Wildman–Crippen LogP) is 3.55. The molecular formula is C19H16F2N2O4S2. The number of thiazole rings is 1. The second-order valence-electron chi connectivity index (χ2n) is 6.04. The summed E-state index contributed by atoms with van der Waals surface area (Å²) in [5, 5.41) is 4.34. The van der Waals surface area contributed by atoms with Crippen LogP contribution in [-0.4, -0.2) is 25.1 Å². The Labute approximate surface area is 170 Å². The molecule has 1 amide bonds. The van der Waals surface area contributed by atoms with Crippen LogP contribution in [0.4, 0.5) is 14.5 Å². The topological polar surface area (TPSA) is 85.4 Å². The average molecular weight is 438 g/mol. The van der Waals surface area contributed by atoms with E-state index in [0.29, 0.717) is 10.8 Å². The Kier molecular flexibility index (Phi) is 6.55. The van der Waals surface area contributed by atoms with Crippen LogP contribution in [-0.2, 0) is 27.0 Å². The highest BCUT2D eigenvalue weighted by molar-refractivity contribution is 7.91. The van der Waals surface area contributed by atoms with Gasteiger partial charge in [-0.25, -0.2) is 22.2 Å². The van der Waals surface area contributed by atoms with Crippen LogP contribution >= 0.6 is 11.3 Å². The van der Waals surface area contributed by atoms with E-state index < -0.39 is 33.1 Å². The van der Waals surface area contributed by atoms with Crippen LogP contribution in [0.5, 0.6) is 5.75 Å². The van der Waals surface area contributed by atoms with Gasteiger partial charge in [0.05, 0.1) is 17.1 Å². The Morgan fingerprint density at radius 2 is 1.83 bits per heavy atom. The van der Waals surface area contributed by atoms with Crippen molar-refractivity contribution >= 4 is 32.8 Å². The minimum absolute atomic E-state index is 0.0819. The number of benzene rings is 2. The molecule has 0 fully saturated rings. The quantitative estimate of drug-likeness (QED) is 0.581. The van der Waals surface area contributed by atoms with Gasteiger partial charge in [-0.1, -0.05) is 12.1 Å². The molecule has 0 unspecified atom stereocenters. The molecule has 1 aromatic heterocycles. The minimum atomic E-state index is -3.80. The van der Waals surface area contributed by atoms with Crippen LogP contribution in [0.25, 0.3) is 0 Å². The zero-order valence-electron chi connectivity index (χ0n) is 15.0. The van der Waals surface area contributed by atoms with Crippen molar-refractivity contribution in [2.75, 3.05) is 11.1 Å². The van der Waals surface area contributed by atoms with Crippen molar-refractivity contribution in [3.8, 4) is 5.75 Å². The van der Waals surface area contributed by atoms with Crippen LogP contribution in [0.15, 0.2) is 53.9 Å². The molecule has 0 saturated heterocycles. The number of hydrogen-bond donors (Lipinski definition) is 1. The van der Waals surface area contributed by atoms with Crippen LogP contribution in [0.2, 0.25) is 0 Å². The molecule has 29 heavy (non-hydrogen) atoms. The number of carbonyl (C=O) groups excluding carboxylic acids is 1. The predicted molar refractivity (Wildman–Crippen MR) is 105 cm³/mol. The Morgan fingerprint density at radius 1 is 1.10 bits per heavy atom. The second kappa shape index (κ2) is 9.10. The van der Waals surface area contributed by atoms with Gasteiger partial charge in [-0.05, 0) is 36.4 Å². The van der Waals surface area contributed by atoms with Crippen molar-refractivity contribution in [2.24, 2.45) is 0 Å². The fraction of sp³-hybridized carbons (Fsp3) is 0.158. The number of amides is 1. The molecule has 1 N–H and O–H groups in total. The Morgan fingerprint density at radius 3 is 2.55 bits per heavy atom. The van der Waals surface area contributed by atoms with Gasteiger partial charge in [-0.15, -0.1) is 11.3 Å². The van der Waals surface area contributed by atoms with E-state index in [-0.39, 0.29) is 23.8 Å². The summed E-state index contributed by atoms with van der Waals surface area (Å²) in [5.74, 6) is -2.61. The largest absolute Gasteiger partial charge is 0.486 e. The number of rotatable bonds is 8. The number of sulfone groups is 1. The number of halogens is 2. The molecule has 2 aromatic carbocycles. The first-order valence-electron chi connectivity index (χ1n) is 8.37. The molecule has 3 rings (SSSR count). The highest BCUT2D eigenvalue weighted by Gasteiger charge is 2.20. The van der Waals surface area contributed by atoms with Gasteiger partial charge in [0.15, 0.2) is 9.84 Å². The van der Waals surface area contributed by atoms with Crippen LogP contribution < -0.4 is 10.1 Å². The fourth-order valence-electron chi connectivity index (χ4n) is 2.38. The van der Waals surface area contributed by atoms with E-state index in [1.807, 2.05) is 0 Å². The average Bonchev–Trinajstić information content (AvgIpc) is 3.09. The first kappa shape index (κ1) is 20.9. The van der Waals surface area contributed by atoms with Gasteiger partial charge in [-0.3, -0.25) is 4.79 Å². The number of nitrogens with one attached hydrogen (secondary N) is 1. The molecule has 10 heteroatoms. The van der Waals surface area contributed by atoms with Gasteiger partial charge in [-0.2, -0.15) is 0 Å². The smallest absolute Gasteiger partial charge is 0.239 e. The highest BCUT2D eigenvalue weighted by Crippen LogP contribution is 2.18. The third-order valence-corrected chi connectivity index (χ3v) is 5.95. The summed E-state index contributed by atoms with van der Waals surface area (Å²) in [7, 11) is -3.80. The maximum atomic E-state index is 13.5. The summed E-state index contributed by atoms with van der Waals surface area (Å²) in [4.78, 5) is 16.1. The number of carbonyl (C=O) groups is 1. The van der Waals surface area contributed by atoms with Crippen molar-refractivity contribution in [2.45, 2.75) is 12.4 Å². The monoisotopic (exact) mass is 438 g/mol. The summed E-state index contributed by atoms with van der Waals surface area (Å²) in [5.41, 5.74) is 0.202. The van der Waals surface area contributed by atoms with E-state index >= 15 is 0 Å². The number of aromatic nitrogens is 1. The summed E-state index contributed by atoms with van der Waals surface area (Å²) in [6, 6.07) is 11.0. The number of hydrogen-bond acceptors (Lipinski definition) is 6. The lowest BCUT2D eigenvalue weighted by atomic mass is 10.3. The Hall–Kier alpha value is -2.85. The third-order valence-electron chi connectivity index (χ3n) is 3.64. The third kappa shape index (κ3) is 6.33. The molecule has 6 nitrogen and oxygen atoms in total. The molecular weight excluding hydrogens is 422 g/mol. The molecule has 0 radical (unpaired) electrons. The van der Waals surface area contributed by atoms with Gasteiger partial charge >= 0.3 is 0 Å². The lowest BCUT2D eigenvalue weighted by Crippen LogP contribution is -2.24. The zero-order chi connectivity index (χ0) is 20.9. The summed E-state index contributed by atoms with van der Waals surface area (Å²) in [6.07, 6.45) is 0. The SMILES string of the molecule is O=C(CS(=O)(=O)Cc1csc(COc2ccc(F)cc2)n1)Nc1ccccc1F. The molecule has 0 aliphatic carbocycles. The molecule has 0 saturated carbocycles. The van der Waals surface area contributed by atoms with Crippen molar-refractivity contribution in [1.82, 2.24) is 4.98 Å². The molecule has 1 heterocycles. The minimum Gasteiger partial charge on any atom is -0.486 e. The first-order valence-corrected chi connectivity index (χ1v) is 11.1. The van der Waals surface area contributed by atoms with Gasteiger partial charge < -0.3 is 10.1 Å². The normalized spacial score (nSPS) is 11.2. The second-order valence-corrected chi connectivity index (χ2v) is 9.04. The molecule has 0 spiro atoms. The molecule has 0 atom stereocenters. The van der Waals surface area contributed by atoms with Crippen LogP contribution in [0.3, 0.4) is 0 Å². The molecule has 0 aliphatic rings. The maximum Gasteiger partial charge on any atom is 0.239 e. The van der Waals surface area contributed by atoms with Gasteiger partial charge in [0.1, 0.15) is 34.8 Å². The lowest BCUT2D eigenvalue weighted by molar-refractivity contribution is -0.113. The van der Waals surface area contributed by atoms with E-state index in [2.05, 4.69) is 10.3 Å². The van der Waals surface area contributed by atoms with E-state index in [0.717, 1.165) is 6.07 Å². The Balaban J connectivity index is 1.54. The summed E-state index contributed by atoms with van der Waals surface area (Å²) >= 11 is 1.21. The zero-order valence-corrected chi connectivity index (χ0v) is 16.6. The summed E-state index contributed by atoms with van der Waals surface area (Å²) in [6.45, 7) is 0.101.